The molecule has 2 nitrogen and oxygen atoms in total. The molecule has 0 unspecified atom stereocenters. The number of hydrogen-bond donors (Lipinski definition) is 2. The van der Waals surface area contributed by atoms with E-state index in [0.717, 1.165) is 12.0 Å². The zero-order valence-electron chi connectivity index (χ0n) is 5.69. The highest BCUT2D eigenvalue weighted by atomic mass is 15.1. The molecule has 9 heavy (non-hydrogen) atoms. The van der Waals surface area contributed by atoms with Crippen molar-refractivity contribution in [2.45, 2.75) is 18.9 Å². The second-order valence-electron chi connectivity index (χ2n) is 3.21. The SMILES string of the molecule is C1CC1CNC1CNC1. The van der Waals surface area contributed by atoms with Crippen LogP contribution in [0.2, 0.25) is 0 Å². The van der Waals surface area contributed by atoms with Crippen molar-refractivity contribution in [1.82, 2.24) is 10.6 Å². The van der Waals surface area contributed by atoms with E-state index in [-0.39, 0.29) is 0 Å². The van der Waals surface area contributed by atoms with Crippen LogP contribution in [0.15, 0.2) is 0 Å². The minimum Gasteiger partial charge on any atom is -0.314 e. The van der Waals surface area contributed by atoms with Gasteiger partial charge in [0, 0.05) is 19.1 Å². The summed E-state index contributed by atoms with van der Waals surface area (Å²) in [5, 5.41) is 6.76. The van der Waals surface area contributed by atoms with E-state index in [0.29, 0.717) is 0 Å². The van der Waals surface area contributed by atoms with Crippen LogP contribution in [-0.2, 0) is 0 Å². The summed E-state index contributed by atoms with van der Waals surface area (Å²) in [5.41, 5.74) is 0. The molecule has 2 rings (SSSR count). The molecule has 1 saturated carbocycles. The lowest BCUT2D eigenvalue weighted by atomic mass is 10.2. The zero-order valence-corrected chi connectivity index (χ0v) is 5.69. The summed E-state index contributed by atoms with van der Waals surface area (Å²) in [6.45, 7) is 3.64. The van der Waals surface area contributed by atoms with Gasteiger partial charge in [-0.25, -0.2) is 0 Å². The van der Waals surface area contributed by atoms with E-state index < -0.39 is 0 Å². The van der Waals surface area contributed by atoms with Gasteiger partial charge in [0.15, 0.2) is 0 Å². The maximum Gasteiger partial charge on any atom is 0.0317 e. The van der Waals surface area contributed by atoms with Gasteiger partial charge in [-0.1, -0.05) is 0 Å². The van der Waals surface area contributed by atoms with Gasteiger partial charge in [-0.3, -0.25) is 0 Å². The normalized spacial score (nSPS) is 28.0. The molecule has 1 aliphatic carbocycles. The van der Waals surface area contributed by atoms with Gasteiger partial charge in [-0.2, -0.15) is 0 Å². The molecule has 0 aromatic heterocycles. The van der Waals surface area contributed by atoms with Gasteiger partial charge in [0.25, 0.3) is 0 Å². The molecule has 1 saturated heterocycles. The Bertz CT molecular complexity index is 95.1. The lowest BCUT2D eigenvalue weighted by Crippen LogP contribution is -2.55. The second kappa shape index (κ2) is 2.27. The average Bonchev–Trinajstić information content (AvgIpc) is 2.44. The maximum atomic E-state index is 3.52. The van der Waals surface area contributed by atoms with Gasteiger partial charge < -0.3 is 10.6 Å². The fraction of sp³-hybridized carbons (Fsp3) is 1.00. The van der Waals surface area contributed by atoms with Gasteiger partial charge >= 0.3 is 0 Å². The first-order chi connectivity index (χ1) is 4.45. The third-order valence-electron chi connectivity index (χ3n) is 2.17. The van der Waals surface area contributed by atoms with Crippen molar-refractivity contribution in [1.29, 1.82) is 0 Å². The van der Waals surface area contributed by atoms with Crippen molar-refractivity contribution >= 4 is 0 Å². The van der Waals surface area contributed by atoms with Crippen LogP contribution in [0.3, 0.4) is 0 Å². The molecule has 1 aliphatic heterocycles. The molecule has 2 aliphatic rings. The molecule has 0 aromatic rings. The van der Waals surface area contributed by atoms with Crippen LogP contribution in [0.25, 0.3) is 0 Å². The van der Waals surface area contributed by atoms with Crippen LogP contribution in [-0.4, -0.2) is 25.7 Å². The minimum absolute atomic E-state index is 0.797. The molecule has 2 heteroatoms. The highest BCUT2D eigenvalue weighted by molar-refractivity contribution is 4.84. The van der Waals surface area contributed by atoms with Gasteiger partial charge in [0.1, 0.15) is 0 Å². The van der Waals surface area contributed by atoms with Crippen LogP contribution < -0.4 is 10.6 Å². The summed E-state index contributed by atoms with van der Waals surface area (Å²) in [5.74, 6) is 1.03. The average molecular weight is 126 g/mol. The van der Waals surface area contributed by atoms with E-state index in [1.54, 1.807) is 0 Å². The largest absolute Gasteiger partial charge is 0.314 e. The first-order valence-electron chi connectivity index (χ1n) is 3.89. The van der Waals surface area contributed by atoms with Crippen LogP contribution >= 0.6 is 0 Å². The molecular formula is C7H14N2. The summed E-state index contributed by atoms with van der Waals surface area (Å²) < 4.78 is 0. The molecule has 0 bridgehead atoms. The van der Waals surface area contributed by atoms with Crippen molar-refractivity contribution in [2.75, 3.05) is 19.6 Å². The molecule has 0 amide bonds. The smallest absolute Gasteiger partial charge is 0.0317 e. The Balaban J connectivity index is 1.55. The van der Waals surface area contributed by atoms with E-state index >= 15 is 0 Å². The van der Waals surface area contributed by atoms with Crippen molar-refractivity contribution in [3.63, 3.8) is 0 Å². The number of rotatable bonds is 3. The molecule has 0 aromatic carbocycles. The van der Waals surface area contributed by atoms with Crippen LogP contribution in [0.4, 0.5) is 0 Å². The first-order valence-corrected chi connectivity index (χ1v) is 3.89. The van der Waals surface area contributed by atoms with E-state index in [9.17, 15) is 0 Å². The highest BCUT2D eigenvalue weighted by Gasteiger charge is 2.23. The zero-order chi connectivity index (χ0) is 6.10. The first kappa shape index (κ1) is 5.69. The number of nitrogens with one attached hydrogen (secondary N) is 2. The summed E-state index contributed by atoms with van der Waals surface area (Å²) in [7, 11) is 0. The monoisotopic (exact) mass is 126 g/mol. The Kier molecular flexibility index (Phi) is 1.44. The Morgan fingerprint density at radius 2 is 2.11 bits per heavy atom. The maximum absolute atomic E-state index is 3.52. The lowest BCUT2D eigenvalue weighted by molar-refractivity contribution is 0.362. The topological polar surface area (TPSA) is 24.1 Å². The summed E-state index contributed by atoms with van der Waals surface area (Å²) in [6.07, 6.45) is 2.93. The van der Waals surface area contributed by atoms with E-state index in [4.69, 9.17) is 0 Å². The predicted octanol–water partition coefficient (Wildman–Crippen LogP) is -0.0422. The molecular weight excluding hydrogens is 112 g/mol. The van der Waals surface area contributed by atoms with Gasteiger partial charge in [-0.05, 0) is 25.3 Å². The summed E-state index contributed by atoms with van der Waals surface area (Å²) in [4.78, 5) is 0. The van der Waals surface area contributed by atoms with Gasteiger partial charge in [0.2, 0.25) is 0 Å². The van der Waals surface area contributed by atoms with Crippen LogP contribution in [0.1, 0.15) is 12.8 Å². The molecule has 2 fully saturated rings. The Labute approximate surface area is 56.0 Å². The Hall–Kier alpha value is -0.0800. The Morgan fingerprint density at radius 1 is 1.33 bits per heavy atom. The van der Waals surface area contributed by atoms with Crippen molar-refractivity contribution in [3.8, 4) is 0 Å². The molecule has 1 heterocycles. The third-order valence-corrected chi connectivity index (χ3v) is 2.17. The predicted molar refractivity (Wildman–Crippen MR) is 37.4 cm³/mol. The summed E-state index contributed by atoms with van der Waals surface area (Å²) >= 11 is 0. The van der Waals surface area contributed by atoms with E-state index in [1.165, 1.54) is 32.5 Å². The molecule has 2 N–H and O–H groups in total. The molecule has 0 spiro atoms. The van der Waals surface area contributed by atoms with Crippen molar-refractivity contribution in [3.05, 3.63) is 0 Å². The Morgan fingerprint density at radius 3 is 2.56 bits per heavy atom. The molecule has 0 radical (unpaired) electrons. The molecule has 0 atom stereocenters. The van der Waals surface area contributed by atoms with E-state index in [2.05, 4.69) is 10.6 Å². The number of hydrogen-bond acceptors (Lipinski definition) is 2. The minimum atomic E-state index is 0.797. The molecule has 52 valence electrons. The second-order valence-corrected chi connectivity index (χ2v) is 3.21. The lowest BCUT2D eigenvalue weighted by Gasteiger charge is -2.28. The third kappa shape index (κ3) is 1.43. The van der Waals surface area contributed by atoms with Crippen molar-refractivity contribution < 1.29 is 0 Å². The summed E-state index contributed by atoms with van der Waals surface area (Å²) in [6, 6.07) is 0.797. The highest BCUT2D eigenvalue weighted by Crippen LogP contribution is 2.27. The van der Waals surface area contributed by atoms with E-state index in [1.807, 2.05) is 0 Å². The van der Waals surface area contributed by atoms with Crippen molar-refractivity contribution in [2.24, 2.45) is 5.92 Å². The van der Waals surface area contributed by atoms with Gasteiger partial charge in [-0.15, -0.1) is 0 Å². The van der Waals surface area contributed by atoms with Crippen LogP contribution in [0.5, 0.6) is 0 Å². The van der Waals surface area contributed by atoms with Crippen LogP contribution in [0, 0.1) is 5.92 Å². The van der Waals surface area contributed by atoms with Gasteiger partial charge in [0.05, 0.1) is 0 Å². The fourth-order valence-corrected chi connectivity index (χ4v) is 1.09. The fourth-order valence-electron chi connectivity index (χ4n) is 1.09. The quantitative estimate of drug-likeness (QED) is 0.554. The standard InChI is InChI=1S/C7H14N2/c1-2-6(1)3-9-7-4-8-5-7/h6-9H,1-5H2.